The Morgan fingerprint density at radius 1 is 1.15 bits per heavy atom. The number of aliphatic hydroxyl groups excluding tert-OH is 1. The van der Waals surface area contributed by atoms with Crippen molar-refractivity contribution in [1.29, 1.82) is 0 Å². The molecular formula is C37H44ClN3O7. The quantitative estimate of drug-likeness (QED) is 0.208. The van der Waals surface area contributed by atoms with E-state index in [1.54, 1.807) is 36.4 Å². The van der Waals surface area contributed by atoms with Crippen molar-refractivity contribution in [3.05, 3.63) is 90.5 Å². The number of carbonyl (C=O) groups excluding carboxylic acids is 4. The summed E-state index contributed by atoms with van der Waals surface area (Å²) in [6, 6.07) is 13.6. The lowest BCUT2D eigenvalue weighted by Gasteiger charge is -2.40. The molecule has 3 fully saturated rings. The summed E-state index contributed by atoms with van der Waals surface area (Å²) in [6.45, 7) is 10.9. The monoisotopic (exact) mass is 677 g/mol. The zero-order valence-corrected chi connectivity index (χ0v) is 28.2. The molecule has 3 amide bonds. The summed E-state index contributed by atoms with van der Waals surface area (Å²) in [4.78, 5) is 59.0. The summed E-state index contributed by atoms with van der Waals surface area (Å²) in [5.74, 6) is -3.76. The van der Waals surface area contributed by atoms with Gasteiger partial charge in [0.05, 0.1) is 47.3 Å². The van der Waals surface area contributed by atoms with E-state index < -0.39 is 65.4 Å². The Morgan fingerprint density at radius 2 is 1.85 bits per heavy atom. The first-order valence-electron chi connectivity index (χ1n) is 16.5. The number of halogens is 1. The number of likely N-dealkylation sites (tertiary alicyclic amines) is 1. The third-order valence-corrected chi connectivity index (χ3v) is 10.1. The number of benzene rings is 2. The number of amides is 3. The second-order valence-electron chi connectivity index (χ2n) is 13.0. The lowest BCUT2D eigenvalue weighted by molar-refractivity contribution is -0.147. The Balaban J connectivity index is 1.50. The molecule has 1 spiro atoms. The molecule has 0 aromatic heterocycles. The van der Waals surface area contributed by atoms with E-state index in [4.69, 9.17) is 21.1 Å². The van der Waals surface area contributed by atoms with Gasteiger partial charge in [0.2, 0.25) is 11.8 Å². The van der Waals surface area contributed by atoms with Crippen LogP contribution >= 0.6 is 11.6 Å². The highest BCUT2D eigenvalue weighted by molar-refractivity contribution is 6.34. The minimum atomic E-state index is -1.30. The number of para-hydroxylation sites is 1. The van der Waals surface area contributed by atoms with Gasteiger partial charge in [-0.2, -0.15) is 0 Å². The predicted molar refractivity (Wildman–Crippen MR) is 182 cm³/mol. The molecule has 2 bridgehead atoms. The number of anilines is 1. The van der Waals surface area contributed by atoms with Gasteiger partial charge in [0.25, 0.3) is 5.91 Å². The van der Waals surface area contributed by atoms with Crippen molar-refractivity contribution in [1.82, 2.24) is 10.2 Å². The number of esters is 1. The highest BCUT2D eigenvalue weighted by Gasteiger charge is 2.75. The molecule has 7 atom stereocenters. The van der Waals surface area contributed by atoms with Gasteiger partial charge in [-0.1, -0.05) is 80.1 Å². The smallest absolute Gasteiger partial charge is 0.306 e. The first-order valence-corrected chi connectivity index (χ1v) is 16.9. The second-order valence-corrected chi connectivity index (χ2v) is 13.4. The second kappa shape index (κ2) is 15.1. The number of allylic oxidation sites excluding steroid dienone is 1. The van der Waals surface area contributed by atoms with Crippen LogP contribution in [0.2, 0.25) is 5.02 Å². The summed E-state index contributed by atoms with van der Waals surface area (Å²) in [5.41, 5.74) is -0.117. The number of rotatable bonds is 15. The summed E-state index contributed by atoms with van der Waals surface area (Å²) in [6.07, 6.45) is 4.09. The summed E-state index contributed by atoms with van der Waals surface area (Å²) < 4.78 is 12.2. The van der Waals surface area contributed by atoms with Crippen LogP contribution in [0.25, 0.3) is 0 Å². The molecule has 2 aromatic carbocycles. The van der Waals surface area contributed by atoms with Crippen molar-refractivity contribution >= 4 is 41.0 Å². The topological polar surface area (TPSA) is 125 Å². The fourth-order valence-corrected chi connectivity index (χ4v) is 7.78. The number of aliphatic hydroxyl groups is 1. The van der Waals surface area contributed by atoms with Crippen molar-refractivity contribution in [2.75, 3.05) is 24.7 Å². The van der Waals surface area contributed by atoms with Gasteiger partial charge >= 0.3 is 5.97 Å². The first kappa shape index (κ1) is 35.3. The largest absolute Gasteiger partial charge is 0.463 e. The van der Waals surface area contributed by atoms with Gasteiger partial charge in [-0.25, -0.2) is 0 Å². The molecule has 3 heterocycles. The minimum Gasteiger partial charge on any atom is -0.463 e. The van der Waals surface area contributed by atoms with Gasteiger partial charge in [-0.15, -0.1) is 13.2 Å². The molecule has 3 saturated heterocycles. The summed E-state index contributed by atoms with van der Waals surface area (Å²) >= 11 is 6.56. The van der Waals surface area contributed by atoms with Gasteiger partial charge in [-0.05, 0) is 42.9 Å². The van der Waals surface area contributed by atoms with Gasteiger partial charge in [-0.3, -0.25) is 19.2 Å². The minimum absolute atomic E-state index is 0.102. The van der Waals surface area contributed by atoms with Crippen LogP contribution in [0.4, 0.5) is 5.69 Å². The van der Waals surface area contributed by atoms with Crippen LogP contribution in [0, 0.1) is 17.8 Å². The maximum Gasteiger partial charge on any atom is 0.306 e. The third-order valence-electron chi connectivity index (χ3n) is 9.79. The van der Waals surface area contributed by atoms with Crippen molar-refractivity contribution in [2.45, 2.75) is 69.4 Å². The molecule has 0 unspecified atom stereocenters. The molecule has 0 aliphatic carbocycles. The molecule has 48 heavy (non-hydrogen) atoms. The fraction of sp³-hybridized carbons (Fsp3) is 0.459. The number of hydrogen-bond acceptors (Lipinski definition) is 7. The normalized spacial score (nSPS) is 25.4. The molecule has 11 heteroatoms. The van der Waals surface area contributed by atoms with E-state index in [-0.39, 0.29) is 32.1 Å². The van der Waals surface area contributed by atoms with Crippen molar-refractivity contribution < 1.29 is 33.8 Å². The number of carbonyl (C=O) groups is 4. The van der Waals surface area contributed by atoms with Gasteiger partial charge in [0.15, 0.2) is 0 Å². The van der Waals surface area contributed by atoms with Crippen LogP contribution in [0.15, 0.2) is 79.9 Å². The Hall–Kier alpha value is -3.99. The number of nitrogens with one attached hydrogen (secondary N) is 1. The molecule has 5 rings (SSSR count). The van der Waals surface area contributed by atoms with Crippen LogP contribution < -0.4 is 10.2 Å². The molecule has 10 nitrogen and oxygen atoms in total. The van der Waals surface area contributed by atoms with Crippen LogP contribution in [0.1, 0.15) is 51.1 Å². The van der Waals surface area contributed by atoms with Gasteiger partial charge in [0.1, 0.15) is 18.2 Å². The highest BCUT2D eigenvalue weighted by Crippen LogP contribution is 2.59. The Labute approximate surface area is 286 Å². The maximum atomic E-state index is 14.8. The highest BCUT2D eigenvalue weighted by atomic mass is 35.5. The fourth-order valence-electron chi connectivity index (χ4n) is 7.55. The molecule has 256 valence electrons. The third kappa shape index (κ3) is 6.53. The molecule has 3 aliphatic rings. The van der Waals surface area contributed by atoms with Crippen molar-refractivity contribution in [2.24, 2.45) is 17.8 Å². The predicted octanol–water partition coefficient (Wildman–Crippen LogP) is 4.62. The van der Waals surface area contributed by atoms with Crippen LogP contribution in [0.5, 0.6) is 0 Å². The molecule has 2 N–H and O–H groups in total. The van der Waals surface area contributed by atoms with E-state index in [1.807, 2.05) is 44.2 Å². The number of hydrogen-bond donors (Lipinski definition) is 2. The zero-order valence-electron chi connectivity index (χ0n) is 27.4. The Bertz CT molecular complexity index is 1530. The number of ether oxygens (including phenoxy) is 2. The van der Waals surface area contributed by atoms with Gasteiger partial charge < -0.3 is 29.7 Å². The lowest BCUT2D eigenvalue weighted by Crippen LogP contribution is -2.59. The first-order chi connectivity index (χ1) is 23.1. The van der Waals surface area contributed by atoms with E-state index in [0.717, 1.165) is 5.56 Å². The average Bonchev–Trinajstić information content (AvgIpc) is 3.73. The summed E-state index contributed by atoms with van der Waals surface area (Å²) in [5, 5.41) is 14.0. The maximum absolute atomic E-state index is 14.8. The molecule has 0 radical (unpaired) electrons. The molecule has 0 saturated carbocycles. The summed E-state index contributed by atoms with van der Waals surface area (Å²) in [7, 11) is 0. The number of fused-ring (bicyclic) bond motifs is 1. The average molecular weight is 678 g/mol. The molecule has 2 aromatic rings. The molecule has 3 aliphatic heterocycles. The van der Waals surface area contributed by atoms with E-state index in [0.29, 0.717) is 30.0 Å². The number of nitrogens with zero attached hydrogens (tertiary/aromatic N) is 2. The van der Waals surface area contributed by atoms with Crippen LogP contribution in [0.3, 0.4) is 0 Å². The molecular weight excluding hydrogens is 634 g/mol. The van der Waals surface area contributed by atoms with E-state index >= 15 is 0 Å². The zero-order chi connectivity index (χ0) is 34.6. The Morgan fingerprint density at radius 3 is 2.50 bits per heavy atom. The lowest BCUT2D eigenvalue weighted by atomic mass is 9.70. The van der Waals surface area contributed by atoms with Crippen LogP contribution in [-0.2, 0) is 28.7 Å². The SMILES string of the molecule is C=CCCC(=O)OC[C@@H](NC(=O)[C@@H]1[C@@H]2CC[C@]3(O2)[C@H](C(=O)N(CC=C)c2ccccc2Cl)N([C@@H](CO)C(C)C)C(=O)[C@@H]13)c1ccccc1. The van der Waals surface area contributed by atoms with E-state index in [9.17, 15) is 24.3 Å². The van der Waals surface area contributed by atoms with Crippen LogP contribution in [-0.4, -0.2) is 77.2 Å². The van der Waals surface area contributed by atoms with Gasteiger partial charge in [0, 0.05) is 13.0 Å². The van der Waals surface area contributed by atoms with E-state index in [1.165, 1.54) is 9.80 Å². The van der Waals surface area contributed by atoms with E-state index in [2.05, 4.69) is 18.5 Å². The van der Waals surface area contributed by atoms with Crippen molar-refractivity contribution in [3.8, 4) is 0 Å². The Kier molecular flexibility index (Phi) is 11.1. The van der Waals surface area contributed by atoms with Crippen molar-refractivity contribution in [3.63, 3.8) is 0 Å². The standard InChI is InChI=1S/C37H44ClN3O7/c1-5-7-17-30(43)47-22-26(24-13-9-8-10-14-24)39-34(44)31-29-18-19-37(48-29)32(31)35(45)41(28(21-42)23(3)4)33(37)36(46)40(20-6-2)27-16-12-11-15-25(27)38/h5-6,8-16,23,26,28-29,31-33,42H,1-2,7,17-22H2,3-4H3,(H,39,44)/t26-,28+,29+,31-,32-,33+,37-/m1/s1.